The number of likely N-dealkylation sites (tertiary alicyclic amines) is 1. The monoisotopic (exact) mass is 432 g/mol. The average molecular weight is 433 g/mol. The molecule has 0 aromatic heterocycles. The zero-order chi connectivity index (χ0) is 27.3. The minimum absolute atomic E-state index is 0.0354. The highest BCUT2D eigenvalue weighted by atomic mass is 16.5. The highest BCUT2D eigenvalue weighted by molar-refractivity contribution is 5.91. The van der Waals surface area contributed by atoms with Crippen LogP contribution in [0.3, 0.4) is 0 Å². The van der Waals surface area contributed by atoms with Gasteiger partial charge < -0.3 is 15.4 Å². The molecule has 164 valence electrons. The predicted octanol–water partition coefficient (Wildman–Crippen LogP) is 3.96. The highest BCUT2D eigenvalue weighted by Crippen LogP contribution is 2.43. The highest BCUT2D eigenvalue weighted by Gasteiger charge is 2.49. The molecular weight excluding hydrogens is 396 g/mol. The van der Waals surface area contributed by atoms with Crippen molar-refractivity contribution >= 4 is 5.91 Å². The maximum atomic E-state index is 13.3. The van der Waals surface area contributed by atoms with Gasteiger partial charge in [-0.15, -0.1) is 0 Å². The van der Waals surface area contributed by atoms with Crippen molar-refractivity contribution in [2.45, 2.75) is 24.6 Å². The molecule has 1 atom stereocenters. The predicted molar refractivity (Wildman–Crippen MR) is 127 cm³/mol. The summed E-state index contributed by atoms with van der Waals surface area (Å²) < 4.78 is 55.1. The van der Waals surface area contributed by atoms with Gasteiger partial charge in [0, 0.05) is 24.9 Å². The standard InChI is InChI=1S/C28H30N2O2/c29-27(31)28(23-7-3-1-4-8-23,24-9-5-2-6-10-24)25-14-17-30(20-25)16-13-21-11-12-26-22(19-21)15-18-32-26/h1-12,19,25H,13-18,20H2,(H2,29,31)/t25-/m1/s1/i15D2,16D2,18D2. The van der Waals surface area contributed by atoms with Crippen LogP contribution in [0.4, 0.5) is 0 Å². The number of carbonyl (C=O) groups is 1. The second kappa shape index (κ2) is 8.79. The molecule has 4 nitrogen and oxygen atoms in total. The first-order valence-corrected chi connectivity index (χ1v) is 10.9. The normalized spacial score (nSPS) is 24.7. The van der Waals surface area contributed by atoms with Crippen molar-refractivity contribution in [2.24, 2.45) is 11.7 Å². The fourth-order valence-corrected chi connectivity index (χ4v) is 5.00. The van der Waals surface area contributed by atoms with Gasteiger partial charge in [0.15, 0.2) is 0 Å². The maximum absolute atomic E-state index is 13.3. The van der Waals surface area contributed by atoms with E-state index in [0.29, 0.717) is 25.1 Å². The minimum Gasteiger partial charge on any atom is -0.493 e. The zero-order valence-electron chi connectivity index (χ0n) is 23.8. The molecule has 0 unspecified atom stereocenters. The first kappa shape index (κ1) is 14.9. The van der Waals surface area contributed by atoms with E-state index in [0.717, 1.165) is 11.1 Å². The van der Waals surface area contributed by atoms with Crippen molar-refractivity contribution in [2.75, 3.05) is 26.1 Å². The molecule has 2 aliphatic rings. The van der Waals surface area contributed by atoms with Gasteiger partial charge in [-0.05, 0) is 53.6 Å². The Labute approximate surface area is 198 Å². The lowest BCUT2D eigenvalue weighted by Crippen LogP contribution is -2.49. The van der Waals surface area contributed by atoms with Crippen LogP contribution in [-0.4, -0.2) is 37.0 Å². The summed E-state index contributed by atoms with van der Waals surface area (Å²) >= 11 is 0. The van der Waals surface area contributed by atoms with Crippen LogP contribution in [-0.2, 0) is 23.0 Å². The number of benzene rings is 3. The summed E-state index contributed by atoms with van der Waals surface area (Å²) in [5.41, 5.74) is 7.21. The largest absolute Gasteiger partial charge is 0.493 e. The summed E-state index contributed by atoms with van der Waals surface area (Å²) in [5.74, 6) is -0.616. The van der Waals surface area contributed by atoms with Crippen LogP contribution in [0.25, 0.3) is 0 Å². The van der Waals surface area contributed by atoms with E-state index in [2.05, 4.69) is 0 Å². The Kier molecular flexibility index (Phi) is 4.08. The van der Waals surface area contributed by atoms with E-state index in [1.807, 2.05) is 60.7 Å². The maximum Gasteiger partial charge on any atom is 0.232 e. The lowest BCUT2D eigenvalue weighted by atomic mass is 9.64. The molecule has 0 aliphatic carbocycles. The fourth-order valence-electron chi connectivity index (χ4n) is 5.00. The van der Waals surface area contributed by atoms with Gasteiger partial charge in [0.05, 0.1) is 9.30 Å². The van der Waals surface area contributed by atoms with E-state index in [1.54, 1.807) is 11.0 Å². The second-order valence-electron chi connectivity index (χ2n) is 8.33. The number of ether oxygens (including phenoxy) is 1. The Bertz CT molecular complexity index is 1290. The number of rotatable bonds is 7. The van der Waals surface area contributed by atoms with Crippen LogP contribution in [0, 0.1) is 5.92 Å². The quantitative estimate of drug-likeness (QED) is 0.615. The Balaban J connectivity index is 1.44. The number of aryl methyl sites for hydroxylation is 2. The summed E-state index contributed by atoms with van der Waals surface area (Å²) in [6.45, 7) is -3.58. The first-order chi connectivity index (χ1) is 17.9. The van der Waals surface area contributed by atoms with Crippen molar-refractivity contribution in [3.05, 3.63) is 101 Å². The minimum atomic E-state index is -2.50. The van der Waals surface area contributed by atoms with Crippen LogP contribution in [0.5, 0.6) is 5.75 Å². The van der Waals surface area contributed by atoms with Crippen LogP contribution in [0.1, 0.15) is 36.9 Å². The molecule has 2 N–H and O–H groups in total. The number of hydrogen-bond donors (Lipinski definition) is 1. The summed E-state index contributed by atoms with van der Waals surface area (Å²) in [4.78, 5) is 15.0. The van der Waals surface area contributed by atoms with Crippen molar-refractivity contribution in [3.8, 4) is 5.75 Å². The molecule has 1 fully saturated rings. The number of hydrogen-bond acceptors (Lipinski definition) is 3. The third kappa shape index (κ3) is 3.69. The average Bonchev–Trinajstić information content (AvgIpc) is 3.43. The lowest BCUT2D eigenvalue weighted by molar-refractivity contribution is -0.123. The molecule has 0 spiro atoms. The number of amides is 1. The summed E-state index contributed by atoms with van der Waals surface area (Å²) in [6.07, 6.45) is -1.82. The van der Waals surface area contributed by atoms with Gasteiger partial charge in [-0.1, -0.05) is 72.8 Å². The van der Waals surface area contributed by atoms with Crippen LogP contribution < -0.4 is 10.5 Å². The summed E-state index contributed by atoms with van der Waals surface area (Å²) in [5, 5.41) is 0. The van der Waals surface area contributed by atoms with Gasteiger partial charge in [-0.25, -0.2) is 0 Å². The lowest BCUT2D eigenvalue weighted by Gasteiger charge is -2.37. The summed E-state index contributed by atoms with van der Waals surface area (Å²) in [6, 6.07) is 23.5. The van der Waals surface area contributed by atoms with Crippen LogP contribution >= 0.6 is 0 Å². The van der Waals surface area contributed by atoms with Gasteiger partial charge in [0.25, 0.3) is 0 Å². The van der Waals surface area contributed by atoms with E-state index in [1.165, 1.54) is 12.1 Å². The zero-order valence-corrected chi connectivity index (χ0v) is 17.8. The van der Waals surface area contributed by atoms with Crippen molar-refractivity contribution in [1.82, 2.24) is 4.90 Å². The Morgan fingerprint density at radius 1 is 1.09 bits per heavy atom. The van der Waals surface area contributed by atoms with E-state index in [4.69, 9.17) is 18.7 Å². The molecular formula is C28H30N2O2. The van der Waals surface area contributed by atoms with Gasteiger partial charge in [0.1, 0.15) is 11.2 Å². The molecule has 1 amide bonds. The third-order valence-electron chi connectivity index (χ3n) is 6.54. The van der Waals surface area contributed by atoms with Crippen molar-refractivity contribution < 1.29 is 17.8 Å². The molecule has 2 heterocycles. The fraction of sp³-hybridized carbons (Fsp3) is 0.321. The van der Waals surface area contributed by atoms with Gasteiger partial charge in [-0.3, -0.25) is 4.79 Å². The molecule has 5 rings (SSSR count). The van der Waals surface area contributed by atoms with Gasteiger partial charge in [0.2, 0.25) is 5.91 Å². The van der Waals surface area contributed by atoms with Crippen molar-refractivity contribution in [3.63, 3.8) is 0 Å². The topological polar surface area (TPSA) is 55.6 Å². The first-order valence-electron chi connectivity index (χ1n) is 13.9. The Morgan fingerprint density at radius 2 is 1.78 bits per heavy atom. The molecule has 0 radical (unpaired) electrons. The molecule has 0 saturated carbocycles. The summed E-state index contributed by atoms with van der Waals surface area (Å²) in [7, 11) is 0. The molecule has 4 heteroatoms. The van der Waals surface area contributed by atoms with E-state index >= 15 is 0 Å². The molecule has 2 aliphatic heterocycles. The molecule has 32 heavy (non-hydrogen) atoms. The third-order valence-corrected chi connectivity index (χ3v) is 6.54. The number of fused-ring (bicyclic) bond motifs is 1. The molecule has 3 aromatic carbocycles. The SMILES string of the molecule is [2H]C([2H])(Cc1ccc2c(c1)C([2H])([2H])C([2H])([2H])O2)N1CC[C@@H](C(C(N)=O)(c2ccccc2)c2ccccc2)C1. The number of nitrogens with two attached hydrogens (primary N) is 1. The Morgan fingerprint density at radius 3 is 2.44 bits per heavy atom. The molecule has 1 saturated heterocycles. The smallest absolute Gasteiger partial charge is 0.232 e. The van der Waals surface area contributed by atoms with Crippen molar-refractivity contribution in [1.29, 1.82) is 0 Å². The molecule has 3 aromatic rings. The van der Waals surface area contributed by atoms with E-state index in [-0.39, 0.29) is 23.7 Å². The number of carbonyl (C=O) groups excluding carboxylic acids is 1. The van der Waals surface area contributed by atoms with E-state index in [9.17, 15) is 4.79 Å². The van der Waals surface area contributed by atoms with Gasteiger partial charge >= 0.3 is 0 Å². The Hall–Kier alpha value is -3.11. The van der Waals surface area contributed by atoms with Crippen LogP contribution in [0.15, 0.2) is 78.9 Å². The number of primary amides is 1. The van der Waals surface area contributed by atoms with Gasteiger partial charge in [-0.2, -0.15) is 0 Å². The molecule has 0 bridgehead atoms. The van der Waals surface area contributed by atoms with E-state index < -0.39 is 30.8 Å². The van der Waals surface area contributed by atoms with Crippen LogP contribution in [0.2, 0.25) is 0 Å². The second-order valence-corrected chi connectivity index (χ2v) is 8.33. The number of nitrogens with zero attached hydrogens (tertiary/aromatic N) is 1.